The fourth-order valence-electron chi connectivity index (χ4n) is 1.10. The molecule has 0 rings (SSSR count). The number of hydrogen-bond acceptors (Lipinski definition) is 2. The lowest BCUT2D eigenvalue weighted by Gasteiger charge is -2.22. The van der Waals surface area contributed by atoms with Crippen LogP contribution >= 0.6 is 0 Å². The first-order valence-corrected chi connectivity index (χ1v) is 4.94. The van der Waals surface area contributed by atoms with Crippen LogP contribution in [-0.2, 0) is 4.74 Å². The van der Waals surface area contributed by atoms with E-state index in [0.29, 0.717) is 12.2 Å². The summed E-state index contributed by atoms with van der Waals surface area (Å²) in [5.41, 5.74) is 0. The molecule has 0 aliphatic rings. The lowest BCUT2D eigenvalue weighted by atomic mass is 10.3. The molecule has 2 unspecified atom stereocenters. The van der Waals surface area contributed by atoms with Crippen LogP contribution in [0.4, 0.5) is 0 Å². The number of rotatable bonds is 6. The van der Waals surface area contributed by atoms with Crippen LogP contribution in [0.2, 0.25) is 0 Å². The number of nitrogens with zero attached hydrogens (tertiary/aromatic N) is 1. The molecule has 0 aromatic heterocycles. The van der Waals surface area contributed by atoms with E-state index in [2.05, 4.69) is 39.6 Å². The second-order valence-corrected chi connectivity index (χ2v) is 3.52. The predicted molar refractivity (Wildman–Crippen MR) is 53.5 cm³/mol. The van der Waals surface area contributed by atoms with Gasteiger partial charge in [-0.25, -0.2) is 0 Å². The van der Waals surface area contributed by atoms with Crippen LogP contribution in [-0.4, -0.2) is 37.2 Å². The molecular weight excluding hydrogens is 150 g/mol. The van der Waals surface area contributed by atoms with Crippen molar-refractivity contribution in [3.05, 3.63) is 0 Å². The fourth-order valence-corrected chi connectivity index (χ4v) is 1.10. The molecule has 0 aliphatic carbocycles. The van der Waals surface area contributed by atoms with E-state index >= 15 is 0 Å². The van der Waals surface area contributed by atoms with E-state index in [9.17, 15) is 0 Å². The highest BCUT2D eigenvalue weighted by Gasteiger charge is 2.08. The molecule has 0 bridgehead atoms. The largest absolute Gasteiger partial charge is 0.374 e. The summed E-state index contributed by atoms with van der Waals surface area (Å²) < 4.78 is 5.73. The third-order valence-electron chi connectivity index (χ3n) is 2.15. The molecule has 2 heteroatoms. The van der Waals surface area contributed by atoms with Gasteiger partial charge in [0.1, 0.15) is 0 Å². The molecular formula is C10H23NO. The molecule has 0 amide bonds. The summed E-state index contributed by atoms with van der Waals surface area (Å²) in [6, 6.07) is 0. The fraction of sp³-hybridized carbons (Fsp3) is 1.00. The SMILES string of the molecule is CCC(C)OC(C)CN(C)CC. The first-order valence-electron chi connectivity index (χ1n) is 4.94. The maximum atomic E-state index is 5.73. The third-order valence-corrected chi connectivity index (χ3v) is 2.15. The van der Waals surface area contributed by atoms with E-state index in [0.717, 1.165) is 19.5 Å². The minimum Gasteiger partial charge on any atom is -0.374 e. The number of hydrogen-bond donors (Lipinski definition) is 0. The molecule has 74 valence electrons. The molecule has 0 aliphatic heterocycles. The Morgan fingerprint density at radius 2 is 1.75 bits per heavy atom. The summed E-state index contributed by atoms with van der Waals surface area (Å²) in [5.74, 6) is 0. The van der Waals surface area contributed by atoms with Crippen molar-refractivity contribution in [1.82, 2.24) is 4.90 Å². The molecule has 0 spiro atoms. The lowest BCUT2D eigenvalue weighted by Crippen LogP contribution is -2.31. The van der Waals surface area contributed by atoms with Gasteiger partial charge in [0.25, 0.3) is 0 Å². The summed E-state index contributed by atoms with van der Waals surface area (Å²) >= 11 is 0. The maximum absolute atomic E-state index is 5.73. The highest BCUT2D eigenvalue weighted by molar-refractivity contribution is 4.58. The summed E-state index contributed by atoms with van der Waals surface area (Å²) in [7, 11) is 2.12. The van der Waals surface area contributed by atoms with Crippen molar-refractivity contribution in [3.8, 4) is 0 Å². The Morgan fingerprint density at radius 3 is 2.17 bits per heavy atom. The summed E-state index contributed by atoms with van der Waals surface area (Å²) in [5, 5.41) is 0. The van der Waals surface area contributed by atoms with Gasteiger partial charge in [-0.05, 0) is 33.9 Å². The summed E-state index contributed by atoms with van der Waals surface area (Å²) in [6.07, 6.45) is 1.84. The van der Waals surface area contributed by atoms with Gasteiger partial charge in [-0.15, -0.1) is 0 Å². The molecule has 0 saturated carbocycles. The smallest absolute Gasteiger partial charge is 0.0677 e. The second kappa shape index (κ2) is 6.44. The van der Waals surface area contributed by atoms with Gasteiger partial charge >= 0.3 is 0 Å². The van der Waals surface area contributed by atoms with Crippen molar-refractivity contribution in [3.63, 3.8) is 0 Å². The van der Waals surface area contributed by atoms with E-state index in [1.165, 1.54) is 0 Å². The average Bonchev–Trinajstić information content (AvgIpc) is 2.03. The Hall–Kier alpha value is -0.0800. The molecule has 2 nitrogen and oxygen atoms in total. The van der Waals surface area contributed by atoms with E-state index in [4.69, 9.17) is 4.74 Å². The first-order chi connectivity index (χ1) is 5.60. The quantitative estimate of drug-likeness (QED) is 0.610. The van der Waals surface area contributed by atoms with Crippen molar-refractivity contribution < 1.29 is 4.74 Å². The van der Waals surface area contributed by atoms with Gasteiger partial charge in [0, 0.05) is 6.54 Å². The van der Waals surface area contributed by atoms with Crippen LogP contribution in [0.1, 0.15) is 34.1 Å². The predicted octanol–water partition coefficient (Wildman–Crippen LogP) is 2.14. The third kappa shape index (κ3) is 5.56. The molecule has 0 heterocycles. The average molecular weight is 173 g/mol. The Kier molecular flexibility index (Phi) is 6.39. The zero-order valence-corrected chi connectivity index (χ0v) is 9.13. The standard InChI is InChI=1S/C10H23NO/c1-6-9(3)12-10(4)8-11(5)7-2/h9-10H,6-8H2,1-5H3. The summed E-state index contributed by atoms with van der Waals surface area (Å²) in [6.45, 7) is 10.7. The van der Waals surface area contributed by atoms with Crippen molar-refractivity contribution in [2.45, 2.75) is 46.3 Å². The Bertz CT molecular complexity index is 94.0. The van der Waals surface area contributed by atoms with E-state index in [1.807, 2.05) is 0 Å². The van der Waals surface area contributed by atoms with Crippen LogP contribution in [0.25, 0.3) is 0 Å². The van der Waals surface area contributed by atoms with E-state index < -0.39 is 0 Å². The molecule has 0 saturated heterocycles. The lowest BCUT2D eigenvalue weighted by molar-refractivity contribution is -0.00734. The van der Waals surface area contributed by atoms with E-state index in [-0.39, 0.29) is 0 Å². The maximum Gasteiger partial charge on any atom is 0.0677 e. The number of ether oxygens (including phenoxy) is 1. The van der Waals surface area contributed by atoms with Crippen LogP contribution < -0.4 is 0 Å². The molecule has 12 heavy (non-hydrogen) atoms. The Morgan fingerprint density at radius 1 is 1.17 bits per heavy atom. The Labute approximate surface area is 76.9 Å². The molecule has 2 atom stereocenters. The normalized spacial score (nSPS) is 16.5. The van der Waals surface area contributed by atoms with Crippen molar-refractivity contribution in [1.29, 1.82) is 0 Å². The van der Waals surface area contributed by atoms with Crippen molar-refractivity contribution in [2.75, 3.05) is 20.1 Å². The van der Waals surface area contributed by atoms with Gasteiger partial charge in [-0.1, -0.05) is 13.8 Å². The number of likely N-dealkylation sites (N-methyl/N-ethyl adjacent to an activating group) is 1. The first kappa shape index (κ1) is 11.9. The van der Waals surface area contributed by atoms with Crippen LogP contribution in [0, 0.1) is 0 Å². The second-order valence-electron chi connectivity index (χ2n) is 3.52. The zero-order valence-electron chi connectivity index (χ0n) is 9.13. The van der Waals surface area contributed by atoms with Crippen LogP contribution in [0.5, 0.6) is 0 Å². The minimum atomic E-state index is 0.352. The topological polar surface area (TPSA) is 12.5 Å². The minimum absolute atomic E-state index is 0.352. The van der Waals surface area contributed by atoms with Gasteiger partial charge in [-0.3, -0.25) is 0 Å². The van der Waals surface area contributed by atoms with Gasteiger partial charge in [-0.2, -0.15) is 0 Å². The van der Waals surface area contributed by atoms with Gasteiger partial charge in [0.2, 0.25) is 0 Å². The van der Waals surface area contributed by atoms with Crippen molar-refractivity contribution >= 4 is 0 Å². The molecule has 0 radical (unpaired) electrons. The zero-order chi connectivity index (χ0) is 9.56. The van der Waals surface area contributed by atoms with Crippen molar-refractivity contribution in [2.24, 2.45) is 0 Å². The molecule has 0 N–H and O–H groups in total. The molecule has 0 aromatic rings. The monoisotopic (exact) mass is 173 g/mol. The highest BCUT2D eigenvalue weighted by atomic mass is 16.5. The van der Waals surface area contributed by atoms with Gasteiger partial charge in [0.05, 0.1) is 12.2 Å². The van der Waals surface area contributed by atoms with Gasteiger partial charge in [0.15, 0.2) is 0 Å². The Balaban J connectivity index is 3.51. The summed E-state index contributed by atoms with van der Waals surface area (Å²) in [4.78, 5) is 2.27. The van der Waals surface area contributed by atoms with Crippen LogP contribution in [0.3, 0.4) is 0 Å². The molecule has 0 aromatic carbocycles. The van der Waals surface area contributed by atoms with E-state index in [1.54, 1.807) is 0 Å². The van der Waals surface area contributed by atoms with Crippen LogP contribution in [0.15, 0.2) is 0 Å². The molecule has 0 fully saturated rings. The van der Waals surface area contributed by atoms with Gasteiger partial charge < -0.3 is 9.64 Å². The highest BCUT2D eigenvalue weighted by Crippen LogP contribution is 2.02.